The highest BCUT2D eigenvalue weighted by Crippen LogP contribution is 2.20. The number of guanidine groups is 2. The quantitative estimate of drug-likeness (QED) is 0.0143. The maximum absolute atomic E-state index is 14.7. The number of H-pyrrole nitrogens is 1. The van der Waals surface area contributed by atoms with Gasteiger partial charge in [0.1, 0.15) is 54.1 Å². The lowest BCUT2D eigenvalue weighted by atomic mass is 10.0. The predicted octanol–water partition coefficient (Wildman–Crippen LogP) is -6.15. The third kappa shape index (κ3) is 26.9. The number of aliphatic hydroxyl groups is 4. The molecule has 93 heavy (non-hydrogen) atoms. The predicted molar refractivity (Wildman–Crippen MR) is 341 cm³/mol. The van der Waals surface area contributed by atoms with E-state index in [1.807, 2.05) is 13.8 Å². The van der Waals surface area contributed by atoms with E-state index in [2.05, 4.69) is 62.8 Å². The maximum Gasteiger partial charge on any atom is 0.328 e. The van der Waals surface area contributed by atoms with Gasteiger partial charge in [0, 0.05) is 43.0 Å². The second-order valence-electron chi connectivity index (χ2n) is 22.9. The van der Waals surface area contributed by atoms with Crippen LogP contribution < -0.4 is 82.3 Å². The number of nitrogens with one attached hydrogen (secondary N) is 10. The summed E-state index contributed by atoms with van der Waals surface area (Å²) in [5.41, 5.74) is 35.4. The molecule has 2 aromatic carbocycles. The van der Waals surface area contributed by atoms with E-state index in [1.54, 1.807) is 30.5 Å². The summed E-state index contributed by atoms with van der Waals surface area (Å²) in [4.78, 5) is 150. The number of fused-ring (bicyclic) bond motifs is 1. The highest BCUT2D eigenvalue weighted by Gasteiger charge is 2.38. The molecule has 3 rings (SSSR count). The minimum Gasteiger partial charge on any atom is -0.508 e. The van der Waals surface area contributed by atoms with E-state index < -0.39 is 144 Å². The van der Waals surface area contributed by atoms with Crippen LogP contribution in [0.4, 0.5) is 0 Å². The molecule has 34 heteroatoms. The molecule has 1 heterocycles. The van der Waals surface area contributed by atoms with Crippen LogP contribution in [0.1, 0.15) is 97.1 Å². The van der Waals surface area contributed by atoms with Gasteiger partial charge in [-0.3, -0.25) is 53.1 Å². The Morgan fingerprint density at radius 2 is 0.914 bits per heavy atom. The zero-order chi connectivity index (χ0) is 69.6. The van der Waals surface area contributed by atoms with E-state index in [-0.39, 0.29) is 101 Å². The van der Waals surface area contributed by atoms with Crippen molar-refractivity contribution in [2.45, 2.75) is 178 Å². The number of hydrogen-bond acceptors (Lipinski definition) is 19. The lowest BCUT2D eigenvalue weighted by Crippen LogP contribution is -2.62. The van der Waals surface area contributed by atoms with E-state index in [0.29, 0.717) is 28.5 Å². The molecule has 0 fully saturated rings. The number of aliphatic hydroxyl groups excluding tert-OH is 4. The zero-order valence-electron chi connectivity index (χ0n) is 52.8. The molecular weight excluding hydrogens is 1220 g/mol. The van der Waals surface area contributed by atoms with Gasteiger partial charge in [-0.2, -0.15) is 0 Å². The molecular formula is C59H94N18O16. The first-order valence-electron chi connectivity index (χ1n) is 30.4. The molecule has 9 amide bonds. The molecule has 516 valence electrons. The number of aromatic hydroxyl groups is 1. The summed E-state index contributed by atoms with van der Waals surface area (Å²) in [6.07, 6.45) is -3.60. The van der Waals surface area contributed by atoms with E-state index in [1.165, 1.54) is 31.2 Å². The number of carbonyl (C=O) groups excluding carboxylic acids is 9. The van der Waals surface area contributed by atoms with Crippen molar-refractivity contribution >= 4 is 82.0 Å². The summed E-state index contributed by atoms with van der Waals surface area (Å²) in [7, 11) is 0. The molecule has 34 nitrogen and oxygen atoms in total. The van der Waals surface area contributed by atoms with E-state index >= 15 is 0 Å². The van der Waals surface area contributed by atoms with Crippen LogP contribution in [-0.2, 0) is 60.8 Å². The van der Waals surface area contributed by atoms with Crippen molar-refractivity contribution in [2.75, 3.05) is 26.2 Å². The van der Waals surface area contributed by atoms with Crippen molar-refractivity contribution in [3.63, 3.8) is 0 Å². The van der Waals surface area contributed by atoms with Gasteiger partial charge in [-0.05, 0) is 114 Å². The number of carboxylic acid groups (broad SMARTS) is 1. The number of aromatic amines is 1. The first-order valence-corrected chi connectivity index (χ1v) is 30.4. The van der Waals surface area contributed by atoms with Crippen LogP contribution in [0.15, 0.2) is 64.7 Å². The minimum absolute atomic E-state index is 0.00582. The van der Waals surface area contributed by atoms with Gasteiger partial charge in [-0.1, -0.05) is 44.2 Å². The van der Waals surface area contributed by atoms with E-state index in [9.17, 15) is 78.6 Å². The molecule has 0 radical (unpaired) electrons. The van der Waals surface area contributed by atoms with Crippen LogP contribution in [0.25, 0.3) is 10.9 Å². The highest BCUT2D eigenvalue weighted by molar-refractivity contribution is 5.99. The van der Waals surface area contributed by atoms with Crippen molar-refractivity contribution in [2.24, 2.45) is 50.3 Å². The SMILES string of the molecule is CC(C)C[C@H](N)C(=O)N[C@H](C(=O)N[C@@H](CO)C(=O)N[C@@H](Cc1c[nH]c2ccccc12)C(=O)N[C@@H](CCCN=C(N)N)C(=O)N[C@H](C(=O)N[C@@H](CCCN=C(N)N)C(=O)N[C@@H](Cc1ccc(O)cc1)C(=O)N[C@@H](CCCCN)C(=O)N[C@H](C(=O)O)[C@@H](C)O)[C@@H](C)O)[C@@H](C)O. The van der Waals surface area contributed by atoms with E-state index in [0.717, 1.165) is 13.8 Å². The second-order valence-corrected chi connectivity index (χ2v) is 22.9. The molecule has 0 bridgehead atoms. The highest BCUT2D eigenvalue weighted by atomic mass is 16.4. The number of nitrogens with two attached hydrogens (primary N) is 6. The van der Waals surface area contributed by atoms with Gasteiger partial charge in [0.25, 0.3) is 0 Å². The van der Waals surface area contributed by atoms with Crippen LogP contribution in [0.3, 0.4) is 0 Å². The summed E-state index contributed by atoms with van der Waals surface area (Å²) < 4.78 is 0. The number of unbranched alkanes of at least 4 members (excludes halogenated alkanes) is 1. The van der Waals surface area contributed by atoms with Crippen LogP contribution in [0, 0.1) is 5.92 Å². The fraction of sp³-hybridized carbons (Fsp3) is 0.559. The minimum atomic E-state index is -1.92. The first-order chi connectivity index (χ1) is 43.9. The lowest BCUT2D eigenvalue weighted by Gasteiger charge is -2.29. The summed E-state index contributed by atoms with van der Waals surface area (Å²) in [6, 6.07) is -3.66. The number of aromatic nitrogens is 1. The number of benzene rings is 2. The van der Waals surface area contributed by atoms with Gasteiger partial charge in [-0.15, -0.1) is 0 Å². The monoisotopic (exact) mass is 1310 g/mol. The Labute approximate surface area is 537 Å². The van der Waals surface area contributed by atoms with E-state index in [4.69, 9.17) is 34.4 Å². The maximum atomic E-state index is 14.7. The van der Waals surface area contributed by atoms with Gasteiger partial charge < -0.3 is 118 Å². The number of nitrogens with zero attached hydrogens (tertiary/aromatic N) is 2. The molecule has 0 spiro atoms. The van der Waals surface area contributed by atoms with Crippen LogP contribution in [0.2, 0.25) is 0 Å². The van der Waals surface area contributed by atoms with Gasteiger partial charge in [0.2, 0.25) is 53.2 Å². The van der Waals surface area contributed by atoms with Crippen molar-refractivity contribution in [1.29, 1.82) is 0 Å². The third-order valence-electron chi connectivity index (χ3n) is 14.5. The number of amides is 9. The van der Waals surface area contributed by atoms with Crippen LogP contribution in [-0.4, -0.2) is 212 Å². The summed E-state index contributed by atoms with van der Waals surface area (Å²) in [5.74, 6) is -11.6. The van der Waals surface area contributed by atoms with Crippen molar-refractivity contribution in [3.8, 4) is 5.75 Å². The van der Waals surface area contributed by atoms with Crippen molar-refractivity contribution < 1.29 is 78.6 Å². The molecule has 0 unspecified atom stereocenters. The number of rotatable bonds is 41. The molecule has 13 atom stereocenters. The number of phenols is 1. The first kappa shape index (κ1) is 78.0. The normalized spacial score (nSPS) is 15.4. The molecule has 0 aliphatic rings. The Hall–Kier alpha value is -9.22. The number of para-hydroxylation sites is 1. The molecule has 0 saturated carbocycles. The number of carbonyl (C=O) groups is 10. The summed E-state index contributed by atoms with van der Waals surface area (Å²) >= 11 is 0. The Kier molecular flexibility index (Phi) is 32.9. The van der Waals surface area contributed by atoms with Crippen molar-refractivity contribution in [1.82, 2.24) is 52.8 Å². The lowest BCUT2D eigenvalue weighted by molar-refractivity contribution is -0.145. The zero-order valence-corrected chi connectivity index (χ0v) is 52.8. The van der Waals surface area contributed by atoms with Gasteiger partial charge in [-0.25, -0.2) is 4.79 Å². The fourth-order valence-corrected chi connectivity index (χ4v) is 9.50. The van der Waals surface area contributed by atoms with Crippen molar-refractivity contribution in [3.05, 3.63) is 65.9 Å². The number of carboxylic acids is 1. The fourth-order valence-electron chi connectivity index (χ4n) is 9.50. The smallest absolute Gasteiger partial charge is 0.328 e. The molecule has 0 aliphatic heterocycles. The van der Waals surface area contributed by atoms with Gasteiger partial charge in [0.15, 0.2) is 18.0 Å². The van der Waals surface area contributed by atoms with Gasteiger partial charge in [0.05, 0.1) is 31.0 Å². The Morgan fingerprint density at radius 1 is 0.505 bits per heavy atom. The second kappa shape index (κ2) is 39.2. The Morgan fingerprint density at radius 3 is 1.38 bits per heavy atom. The third-order valence-corrected chi connectivity index (χ3v) is 14.5. The van der Waals surface area contributed by atoms with Crippen LogP contribution in [0.5, 0.6) is 5.75 Å². The molecule has 28 N–H and O–H groups in total. The largest absolute Gasteiger partial charge is 0.508 e. The molecule has 0 aliphatic carbocycles. The number of phenolic OH excluding ortho intramolecular Hbond substituents is 1. The van der Waals surface area contributed by atoms with Gasteiger partial charge >= 0.3 is 5.97 Å². The summed E-state index contributed by atoms with van der Waals surface area (Å²) in [6.45, 7) is 6.07. The average molecular weight is 1310 g/mol. The topological polar surface area (TPSA) is 597 Å². The summed E-state index contributed by atoms with van der Waals surface area (Å²) in [5, 5.41) is 84.6. The molecule has 3 aromatic rings. The number of aliphatic carboxylic acids is 1. The number of hydrogen-bond donors (Lipinski definition) is 22. The standard InChI is InChI=1S/C59H94N18O16/c1-29(2)24-37(61)48(83)75-45(30(3)79)56(91)74-44(28-78)54(89)73-43(26-34-27-68-38-13-7-6-12-36(34)38)53(88)70-41(16-11-23-67-59(64)65)50(85)76-46(31(4)80)55(90)71-40(15-10-22-66-58(62)63)49(84)72-42(25-33-17-19-35(82)20-18-33)52(87)69-39(14-8-9-21-60)51(86)77-47(32(5)81)57(92)93/h6-7,12-13,17-20,27,29-32,37,39-47,68,78-82H,8-11,14-16,21-26,28,60-61H2,1-5H3,(H,69,87)(H,70,88)(H,71,90)(H,72,84)(H,73,89)(H,74,91)(H,75,83)(H,76,85)(H,77,86)(H,92,93)(H4,62,63,66)(H4,64,65,67)/t30-,31-,32-,37+,39+,40+,41+,42+,43+,44+,45+,46+,47+/m1/s1. The average Bonchev–Trinajstić information content (AvgIpc) is 1.81. The Bertz CT molecular complexity index is 3020. The molecule has 1 aromatic heterocycles. The molecule has 0 saturated heterocycles. The van der Waals surface area contributed by atoms with Crippen LogP contribution >= 0.6 is 0 Å². The Balaban J connectivity index is 2.05. The number of aliphatic imine (C=N–C) groups is 2.